The van der Waals surface area contributed by atoms with Gasteiger partial charge in [0.2, 0.25) is 0 Å². The van der Waals surface area contributed by atoms with E-state index in [1.807, 2.05) is 6.07 Å². The zero-order chi connectivity index (χ0) is 10.3. The molecule has 2 aliphatic rings. The Labute approximate surface area is 90.9 Å². The molecule has 1 aromatic rings. The molecule has 80 valence electrons. The van der Waals surface area contributed by atoms with Gasteiger partial charge in [0.25, 0.3) is 0 Å². The van der Waals surface area contributed by atoms with Gasteiger partial charge in [-0.1, -0.05) is 12.1 Å². The van der Waals surface area contributed by atoms with Gasteiger partial charge in [0, 0.05) is 17.8 Å². The molecule has 2 heterocycles. The summed E-state index contributed by atoms with van der Waals surface area (Å²) in [7, 11) is 0. The molecule has 15 heavy (non-hydrogen) atoms. The number of anilines is 1. The van der Waals surface area contributed by atoms with E-state index >= 15 is 0 Å². The van der Waals surface area contributed by atoms with Gasteiger partial charge in [0.05, 0.1) is 0 Å². The van der Waals surface area contributed by atoms with Crippen molar-refractivity contribution in [3.63, 3.8) is 0 Å². The summed E-state index contributed by atoms with van der Waals surface area (Å²) in [6.07, 6.45) is 5.31. The van der Waals surface area contributed by atoms with Crippen molar-refractivity contribution in [1.29, 1.82) is 0 Å². The molecular formula is C13H18N2. The van der Waals surface area contributed by atoms with Crippen molar-refractivity contribution in [2.75, 3.05) is 5.73 Å². The Hall–Kier alpha value is -1.02. The van der Waals surface area contributed by atoms with Crippen LogP contribution in [-0.2, 0) is 0 Å². The minimum Gasteiger partial charge on any atom is -0.399 e. The first-order chi connectivity index (χ1) is 7.31. The first kappa shape index (κ1) is 9.22. The largest absolute Gasteiger partial charge is 0.399 e. The van der Waals surface area contributed by atoms with Gasteiger partial charge in [-0.25, -0.2) is 0 Å². The van der Waals surface area contributed by atoms with Gasteiger partial charge < -0.3 is 11.1 Å². The van der Waals surface area contributed by atoms with Crippen LogP contribution in [0.4, 0.5) is 5.69 Å². The van der Waals surface area contributed by atoms with Crippen LogP contribution in [0.5, 0.6) is 0 Å². The van der Waals surface area contributed by atoms with E-state index in [0.29, 0.717) is 0 Å². The molecule has 2 atom stereocenters. The van der Waals surface area contributed by atoms with Crippen LogP contribution in [0.2, 0.25) is 0 Å². The fraction of sp³-hybridized carbons (Fsp3) is 0.538. The Morgan fingerprint density at radius 1 is 1.13 bits per heavy atom. The molecule has 0 spiro atoms. The first-order valence-electron chi connectivity index (χ1n) is 5.93. The lowest BCUT2D eigenvalue weighted by molar-refractivity contribution is 0.363. The third kappa shape index (κ3) is 1.74. The number of fused-ring (bicyclic) bond motifs is 2. The second kappa shape index (κ2) is 3.53. The molecule has 3 rings (SSSR count). The third-order valence-electron chi connectivity index (χ3n) is 3.86. The number of hydrogen-bond acceptors (Lipinski definition) is 2. The zero-order valence-electron chi connectivity index (χ0n) is 8.95. The Kier molecular flexibility index (Phi) is 2.17. The van der Waals surface area contributed by atoms with Crippen LogP contribution in [0.15, 0.2) is 24.3 Å². The molecule has 2 unspecified atom stereocenters. The molecule has 0 amide bonds. The Morgan fingerprint density at radius 2 is 1.87 bits per heavy atom. The standard InChI is InChI=1S/C13H18N2/c14-11-3-1-2-9(6-11)10-7-12-4-5-13(8-10)15-12/h1-3,6,10,12-13,15H,4-5,7-8,14H2. The second-order valence-electron chi connectivity index (χ2n) is 4.98. The summed E-state index contributed by atoms with van der Waals surface area (Å²) >= 11 is 0. The van der Waals surface area contributed by atoms with Crippen molar-refractivity contribution in [3.05, 3.63) is 29.8 Å². The summed E-state index contributed by atoms with van der Waals surface area (Å²) in [4.78, 5) is 0. The lowest BCUT2D eigenvalue weighted by atomic mass is 9.86. The van der Waals surface area contributed by atoms with E-state index in [2.05, 4.69) is 23.5 Å². The summed E-state index contributed by atoms with van der Waals surface area (Å²) in [6, 6.07) is 9.94. The van der Waals surface area contributed by atoms with Crippen LogP contribution in [-0.4, -0.2) is 12.1 Å². The maximum atomic E-state index is 5.83. The smallest absolute Gasteiger partial charge is 0.0316 e. The molecule has 3 N–H and O–H groups in total. The fourth-order valence-electron chi connectivity index (χ4n) is 3.14. The minimum absolute atomic E-state index is 0.729. The van der Waals surface area contributed by atoms with Crippen molar-refractivity contribution in [2.45, 2.75) is 43.7 Å². The van der Waals surface area contributed by atoms with Gasteiger partial charge in [0.15, 0.2) is 0 Å². The monoisotopic (exact) mass is 202 g/mol. The van der Waals surface area contributed by atoms with Crippen molar-refractivity contribution in [1.82, 2.24) is 5.32 Å². The summed E-state index contributed by atoms with van der Waals surface area (Å²) in [5.74, 6) is 0.729. The number of piperidine rings is 1. The maximum absolute atomic E-state index is 5.83. The van der Waals surface area contributed by atoms with E-state index in [4.69, 9.17) is 5.73 Å². The lowest BCUT2D eigenvalue weighted by Crippen LogP contribution is -2.37. The predicted molar refractivity (Wildman–Crippen MR) is 62.8 cm³/mol. The van der Waals surface area contributed by atoms with Crippen LogP contribution >= 0.6 is 0 Å². The summed E-state index contributed by atoms with van der Waals surface area (Å²) in [5.41, 5.74) is 8.17. The summed E-state index contributed by atoms with van der Waals surface area (Å²) in [6.45, 7) is 0. The second-order valence-corrected chi connectivity index (χ2v) is 4.98. The molecule has 2 nitrogen and oxygen atoms in total. The van der Waals surface area contributed by atoms with Crippen molar-refractivity contribution in [3.8, 4) is 0 Å². The van der Waals surface area contributed by atoms with E-state index in [9.17, 15) is 0 Å². The van der Waals surface area contributed by atoms with Crippen LogP contribution < -0.4 is 11.1 Å². The fourth-order valence-corrected chi connectivity index (χ4v) is 3.14. The van der Waals surface area contributed by atoms with Crippen molar-refractivity contribution < 1.29 is 0 Å². The summed E-state index contributed by atoms with van der Waals surface area (Å²) in [5, 5.41) is 3.67. The number of nitrogen functional groups attached to an aromatic ring is 1. The number of rotatable bonds is 1. The lowest BCUT2D eigenvalue weighted by Gasteiger charge is -2.29. The quantitative estimate of drug-likeness (QED) is 0.686. The van der Waals surface area contributed by atoms with Gasteiger partial charge in [-0.15, -0.1) is 0 Å². The first-order valence-corrected chi connectivity index (χ1v) is 5.93. The molecule has 0 aromatic heterocycles. The molecule has 0 saturated carbocycles. The van der Waals surface area contributed by atoms with E-state index in [1.165, 1.54) is 31.2 Å². The molecule has 2 fully saturated rings. The SMILES string of the molecule is Nc1cccc(C2CC3CCC(C2)N3)c1. The summed E-state index contributed by atoms with van der Waals surface area (Å²) < 4.78 is 0. The van der Waals surface area contributed by atoms with Gasteiger partial charge >= 0.3 is 0 Å². The zero-order valence-corrected chi connectivity index (χ0v) is 8.95. The average Bonchev–Trinajstić information content (AvgIpc) is 2.58. The molecule has 0 radical (unpaired) electrons. The molecular weight excluding hydrogens is 184 g/mol. The Balaban J connectivity index is 1.83. The van der Waals surface area contributed by atoms with E-state index < -0.39 is 0 Å². The van der Waals surface area contributed by atoms with Gasteiger partial charge in [-0.2, -0.15) is 0 Å². The third-order valence-corrected chi connectivity index (χ3v) is 3.86. The number of benzene rings is 1. The molecule has 1 aromatic carbocycles. The van der Waals surface area contributed by atoms with E-state index in [1.54, 1.807) is 0 Å². The van der Waals surface area contributed by atoms with Crippen molar-refractivity contribution >= 4 is 5.69 Å². The average molecular weight is 202 g/mol. The maximum Gasteiger partial charge on any atom is 0.0316 e. The molecule has 2 aliphatic heterocycles. The van der Waals surface area contributed by atoms with Crippen LogP contribution in [0, 0.1) is 0 Å². The highest BCUT2D eigenvalue weighted by Crippen LogP contribution is 2.37. The van der Waals surface area contributed by atoms with E-state index in [-0.39, 0.29) is 0 Å². The topological polar surface area (TPSA) is 38.0 Å². The van der Waals surface area contributed by atoms with Gasteiger partial charge in [-0.3, -0.25) is 0 Å². The van der Waals surface area contributed by atoms with Crippen molar-refractivity contribution in [2.24, 2.45) is 0 Å². The van der Waals surface area contributed by atoms with Gasteiger partial charge in [0.1, 0.15) is 0 Å². The number of nitrogens with one attached hydrogen (secondary N) is 1. The highest BCUT2D eigenvalue weighted by atomic mass is 15.0. The number of hydrogen-bond donors (Lipinski definition) is 2. The molecule has 2 bridgehead atoms. The van der Waals surface area contributed by atoms with E-state index in [0.717, 1.165) is 23.7 Å². The highest BCUT2D eigenvalue weighted by Gasteiger charge is 2.33. The van der Waals surface area contributed by atoms with Crippen LogP contribution in [0.1, 0.15) is 37.2 Å². The van der Waals surface area contributed by atoms with Crippen LogP contribution in [0.25, 0.3) is 0 Å². The van der Waals surface area contributed by atoms with Gasteiger partial charge in [-0.05, 0) is 49.3 Å². The Morgan fingerprint density at radius 3 is 2.53 bits per heavy atom. The molecule has 0 aliphatic carbocycles. The molecule has 2 heteroatoms. The normalized spacial score (nSPS) is 34.3. The molecule has 2 saturated heterocycles. The predicted octanol–water partition coefficient (Wildman–Crippen LogP) is 2.27. The number of nitrogens with two attached hydrogens (primary N) is 1. The minimum atomic E-state index is 0.729. The highest BCUT2D eigenvalue weighted by molar-refractivity contribution is 5.42. The van der Waals surface area contributed by atoms with Crippen LogP contribution in [0.3, 0.4) is 0 Å². The Bertz CT molecular complexity index is 349.